The normalized spacial score (nSPS) is 26.9. The highest BCUT2D eigenvalue weighted by atomic mass is 32.2. The minimum atomic E-state index is -2.95. The van der Waals surface area contributed by atoms with E-state index in [4.69, 9.17) is 0 Å². The van der Waals surface area contributed by atoms with Crippen LogP contribution in [0.5, 0.6) is 0 Å². The summed E-state index contributed by atoms with van der Waals surface area (Å²) in [6.45, 7) is 1.47. The molecule has 106 valence electrons. The zero-order valence-corrected chi connectivity index (χ0v) is 12.1. The molecule has 3 rings (SSSR count). The van der Waals surface area contributed by atoms with Crippen LogP contribution in [-0.2, 0) is 14.6 Å². The number of nitrogens with one attached hydrogen (secondary N) is 1. The smallest absolute Gasteiger partial charge is 0.221 e. The molecule has 1 aromatic rings. The van der Waals surface area contributed by atoms with E-state index in [1.54, 1.807) is 0 Å². The van der Waals surface area contributed by atoms with Crippen LogP contribution >= 0.6 is 0 Å². The lowest BCUT2D eigenvalue weighted by Crippen LogP contribution is -2.26. The van der Waals surface area contributed by atoms with E-state index in [1.807, 2.05) is 30.3 Å². The number of carbonyl (C=O) groups excluding carboxylic acids is 1. The lowest BCUT2D eigenvalue weighted by Gasteiger charge is -2.21. The largest absolute Gasteiger partial charge is 0.326 e. The fourth-order valence-electron chi connectivity index (χ4n) is 3.07. The molecule has 2 unspecified atom stereocenters. The van der Waals surface area contributed by atoms with E-state index in [9.17, 15) is 13.2 Å². The van der Waals surface area contributed by atoms with Crippen LogP contribution < -0.4 is 5.32 Å². The van der Waals surface area contributed by atoms with Gasteiger partial charge in [0.1, 0.15) is 0 Å². The third-order valence-electron chi connectivity index (χ3n) is 4.05. The number of amides is 1. The number of sulfone groups is 1. The highest BCUT2D eigenvalue weighted by Crippen LogP contribution is 2.40. The number of hydrogen-bond donors (Lipinski definition) is 1. The second kappa shape index (κ2) is 4.74. The lowest BCUT2D eigenvalue weighted by molar-refractivity contribution is -0.114. The SMILES string of the molecule is CC(=O)Nc1cccc(C2=CC3CCC(C2)S3(=O)=O)c1. The quantitative estimate of drug-likeness (QED) is 0.910. The monoisotopic (exact) mass is 291 g/mol. The maximum Gasteiger partial charge on any atom is 0.221 e. The number of fused-ring (bicyclic) bond motifs is 2. The summed E-state index contributed by atoms with van der Waals surface area (Å²) >= 11 is 0. The maximum atomic E-state index is 12.1. The van der Waals surface area contributed by atoms with Gasteiger partial charge < -0.3 is 5.32 Å². The number of carbonyl (C=O) groups is 1. The summed E-state index contributed by atoms with van der Waals surface area (Å²) in [4.78, 5) is 11.1. The molecule has 5 heteroatoms. The van der Waals surface area contributed by atoms with Crippen LogP contribution in [0.15, 0.2) is 30.3 Å². The first kappa shape index (κ1) is 13.4. The van der Waals surface area contributed by atoms with Gasteiger partial charge in [-0.15, -0.1) is 0 Å². The number of allylic oxidation sites excluding steroid dienone is 1. The third kappa shape index (κ3) is 2.26. The van der Waals surface area contributed by atoms with Gasteiger partial charge in [-0.3, -0.25) is 4.79 Å². The number of rotatable bonds is 2. The zero-order valence-electron chi connectivity index (χ0n) is 11.3. The molecule has 1 fully saturated rings. The van der Waals surface area contributed by atoms with Gasteiger partial charge in [0.25, 0.3) is 0 Å². The number of anilines is 1. The molecule has 0 spiro atoms. The fraction of sp³-hybridized carbons (Fsp3) is 0.400. The van der Waals surface area contributed by atoms with Crippen molar-refractivity contribution in [2.75, 3.05) is 5.32 Å². The van der Waals surface area contributed by atoms with Gasteiger partial charge in [0, 0.05) is 12.6 Å². The predicted octanol–water partition coefficient (Wildman–Crippen LogP) is 2.38. The summed E-state index contributed by atoms with van der Waals surface area (Å²) in [6, 6.07) is 7.59. The Bertz CT molecular complexity index is 691. The van der Waals surface area contributed by atoms with Gasteiger partial charge >= 0.3 is 0 Å². The molecule has 20 heavy (non-hydrogen) atoms. The predicted molar refractivity (Wildman–Crippen MR) is 79.1 cm³/mol. The van der Waals surface area contributed by atoms with Crippen LogP contribution in [0.2, 0.25) is 0 Å². The molecule has 2 aliphatic heterocycles. The van der Waals surface area contributed by atoms with Crippen LogP contribution in [0, 0.1) is 0 Å². The Morgan fingerprint density at radius 2 is 2.10 bits per heavy atom. The van der Waals surface area contributed by atoms with Crippen molar-refractivity contribution in [3.05, 3.63) is 35.9 Å². The molecule has 0 aliphatic carbocycles. The van der Waals surface area contributed by atoms with Gasteiger partial charge in [-0.25, -0.2) is 8.42 Å². The van der Waals surface area contributed by atoms with Crippen LogP contribution in [-0.4, -0.2) is 24.8 Å². The van der Waals surface area contributed by atoms with E-state index < -0.39 is 9.84 Å². The molecule has 4 nitrogen and oxygen atoms in total. The molecule has 2 aliphatic rings. The van der Waals surface area contributed by atoms with Crippen LogP contribution in [0.25, 0.3) is 5.57 Å². The zero-order chi connectivity index (χ0) is 14.3. The molecule has 0 aromatic heterocycles. The molecule has 1 amide bonds. The van der Waals surface area contributed by atoms with Gasteiger partial charge in [0.15, 0.2) is 9.84 Å². The van der Waals surface area contributed by atoms with E-state index in [1.165, 1.54) is 6.92 Å². The van der Waals surface area contributed by atoms with Crippen molar-refractivity contribution < 1.29 is 13.2 Å². The Kier molecular flexibility index (Phi) is 3.17. The summed E-state index contributed by atoms with van der Waals surface area (Å²) in [7, 11) is -2.95. The minimum Gasteiger partial charge on any atom is -0.326 e. The van der Waals surface area contributed by atoms with Gasteiger partial charge in [-0.2, -0.15) is 0 Å². The minimum absolute atomic E-state index is 0.109. The van der Waals surface area contributed by atoms with Crippen molar-refractivity contribution in [1.82, 2.24) is 0 Å². The molecular weight excluding hydrogens is 274 g/mol. The van der Waals surface area contributed by atoms with E-state index in [0.717, 1.165) is 29.7 Å². The van der Waals surface area contributed by atoms with Crippen molar-refractivity contribution in [2.24, 2.45) is 0 Å². The van der Waals surface area contributed by atoms with E-state index in [-0.39, 0.29) is 16.4 Å². The molecular formula is C15H17NO3S. The Morgan fingerprint density at radius 1 is 1.30 bits per heavy atom. The second-order valence-electron chi connectivity index (χ2n) is 5.48. The Balaban J connectivity index is 1.93. The van der Waals surface area contributed by atoms with Crippen LogP contribution in [0.1, 0.15) is 31.7 Å². The summed E-state index contributed by atoms with van der Waals surface area (Å²) in [5, 5.41) is 2.21. The molecule has 2 heterocycles. The topological polar surface area (TPSA) is 63.2 Å². The molecule has 0 radical (unpaired) electrons. The van der Waals surface area contributed by atoms with E-state index in [2.05, 4.69) is 5.32 Å². The third-order valence-corrected chi connectivity index (χ3v) is 6.60. The highest BCUT2D eigenvalue weighted by molar-refractivity contribution is 7.93. The van der Waals surface area contributed by atoms with Crippen molar-refractivity contribution in [2.45, 2.75) is 36.7 Å². The molecule has 2 atom stereocenters. The summed E-state index contributed by atoms with van der Waals surface area (Å²) in [5.41, 5.74) is 2.83. The Hall–Kier alpha value is -1.62. The highest BCUT2D eigenvalue weighted by Gasteiger charge is 2.43. The second-order valence-corrected chi connectivity index (χ2v) is 7.94. The standard InChI is InChI=1S/C15H17NO3S/c1-10(17)16-13-4-2-3-11(7-13)12-8-14-5-6-15(9-12)20(14,18)19/h2-4,7-8,14-15H,5-6,9H2,1H3,(H,16,17). The first-order chi connectivity index (χ1) is 9.46. The number of benzene rings is 1. The van der Waals surface area contributed by atoms with Crippen molar-refractivity contribution in [3.8, 4) is 0 Å². The first-order valence-electron chi connectivity index (χ1n) is 6.78. The van der Waals surface area contributed by atoms with Crippen molar-refractivity contribution in [3.63, 3.8) is 0 Å². The van der Waals surface area contributed by atoms with Crippen molar-refractivity contribution >= 4 is 27.0 Å². The molecule has 1 aromatic carbocycles. The van der Waals surface area contributed by atoms with Crippen molar-refractivity contribution in [1.29, 1.82) is 0 Å². The molecule has 1 N–H and O–H groups in total. The van der Waals surface area contributed by atoms with Gasteiger partial charge in [0.2, 0.25) is 5.91 Å². The van der Waals surface area contributed by atoms with E-state index >= 15 is 0 Å². The van der Waals surface area contributed by atoms with E-state index in [0.29, 0.717) is 6.42 Å². The summed E-state index contributed by atoms with van der Waals surface area (Å²) < 4.78 is 24.1. The molecule has 2 bridgehead atoms. The average Bonchev–Trinajstić information content (AvgIpc) is 2.57. The summed E-state index contributed by atoms with van der Waals surface area (Å²) in [5.74, 6) is -0.109. The molecule has 1 saturated heterocycles. The fourth-order valence-corrected chi connectivity index (χ4v) is 5.26. The average molecular weight is 291 g/mol. The number of hydrogen-bond acceptors (Lipinski definition) is 3. The summed E-state index contributed by atoms with van der Waals surface area (Å²) in [6.07, 6.45) is 3.98. The molecule has 0 saturated carbocycles. The first-order valence-corrected chi connectivity index (χ1v) is 8.39. The maximum absolute atomic E-state index is 12.1. The van der Waals surface area contributed by atoms with Gasteiger partial charge in [0.05, 0.1) is 10.5 Å². The van der Waals surface area contributed by atoms with Gasteiger partial charge in [-0.05, 0) is 42.5 Å². The Morgan fingerprint density at radius 3 is 2.80 bits per heavy atom. The Labute approximate surface area is 118 Å². The lowest BCUT2D eigenvalue weighted by atomic mass is 10.0. The van der Waals surface area contributed by atoms with Crippen LogP contribution in [0.3, 0.4) is 0 Å². The van der Waals surface area contributed by atoms with Crippen LogP contribution in [0.4, 0.5) is 5.69 Å². The van der Waals surface area contributed by atoms with Gasteiger partial charge in [-0.1, -0.05) is 18.2 Å².